The van der Waals surface area contributed by atoms with Crippen molar-refractivity contribution in [3.63, 3.8) is 0 Å². The SMILES string of the molecule is N#CCNC(=O)C1CCCCC1C(S)c1ccc(OC(F)(F)F)cc1. The number of thiol groups is 1. The molecular weight excluding hydrogens is 353 g/mol. The molecule has 1 aliphatic carbocycles. The van der Waals surface area contributed by atoms with E-state index in [1.807, 2.05) is 6.07 Å². The largest absolute Gasteiger partial charge is 0.573 e. The van der Waals surface area contributed by atoms with Crippen LogP contribution in [0.1, 0.15) is 36.5 Å². The number of amides is 1. The number of nitrogens with zero attached hydrogens (tertiary/aromatic N) is 1. The highest BCUT2D eigenvalue weighted by Crippen LogP contribution is 2.42. The van der Waals surface area contributed by atoms with Gasteiger partial charge in [-0.05, 0) is 36.5 Å². The van der Waals surface area contributed by atoms with E-state index >= 15 is 0 Å². The molecule has 1 saturated carbocycles. The van der Waals surface area contributed by atoms with Crippen LogP contribution in [0.25, 0.3) is 0 Å². The fraction of sp³-hybridized carbons (Fsp3) is 0.529. The van der Waals surface area contributed by atoms with Crippen molar-refractivity contribution in [1.82, 2.24) is 5.32 Å². The third kappa shape index (κ3) is 5.56. The van der Waals surface area contributed by atoms with Crippen LogP contribution in [-0.2, 0) is 4.79 Å². The number of benzene rings is 1. The summed E-state index contributed by atoms with van der Waals surface area (Å²) in [6, 6.07) is 7.46. The van der Waals surface area contributed by atoms with Crippen molar-refractivity contribution in [3.05, 3.63) is 29.8 Å². The first-order valence-corrected chi connectivity index (χ1v) is 8.52. The van der Waals surface area contributed by atoms with E-state index in [1.54, 1.807) is 0 Å². The lowest BCUT2D eigenvalue weighted by molar-refractivity contribution is -0.274. The highest BCUT2D eigenvalue weighted by atomic mass is 32.1. The topological polar surface area (TPSA) is 62.1 Å². The van der Waals surface area contributed by atoms with Crippen LogP contribution in [0.2, 0.25) is 0 Å². The van der Waals surface area contributed by atoms with Crippen LogP contribution in [0.5, 0.6) is 5.75 Å². The molecule has 3 unspecified atom stereocenters. The molecule has 0 aliphatic heterocycles. The molecule has 0 saturated heterocycles. The lowest BCUT2D eigenvalue weighted by Gasteiger charge is -2.34. The van der Waals surface area contributed by atoms with Crippen LogP contribution in [0.3, 0.4) is 0 Å². The van der Waals surface area contributed by atoms with Crippen molar-refractivity contribution in [2.75, 3.05) is 6.54 Å². The highest BCUT2D eigenvalue weighted by Gasteiger charge is 2.35. The van der Waals surface area contributed by atoms with Crippen molar-refractivity contribution in [1.29, 1.82) is 5.26 Å². The first kappa shape index (κ1) is 19.4. The van der Waals surface area contributed by atoms with Gasteiger partial charge in [0, 0.05) is 11.2 Å². The van der Waals surface area contributed by atoms with E-state index in [0.717, 1.165) is 24.8 Å². The summed E-state index contributed by atoms with van der Waals surface area (Å²) in [5.41, 5.74) is 0.739. The number of carbonyl (C=O) groups excluding carboxylic acids is 1. The maximum atomic E-state index is 12.3. The monoisotopic (exact) mass is 372 g/mol. The summed E-state index contributed by atoms with van der Waals surface area (Å²) in [6.07, 6.45) is -1.30. The summed E-state index contributed by atoms with van der Waals surface area (Å²) >= 11 is 4.62. The molecule has 1 aromatic rings. The molecule has 1 N–H and O–H groups in total. The lowest BCUT2D eigenvalue weighted by Crippen LogP contribution is -2.38. The van der Waals surface area contributed by atoms with E-state index in [2.05, 4.69) is 22.7 Å². The maximum absolute atomic E-state index is 12.3. The summed E-state index contributed by atoms with van der Waals surface area (Å²) in [5.74, 6) is -0.744. The maximum Gasteiger partial charge on any atom is 0.573 e. The van der Waals surface area contributed by atoms with E-state index in [4.69, 9.17) is 5.26 Å². The van der Waals surface area contributed by atoms with Crippen LogP contribution in [0.15, 0.2) is 24.3 Å². The Labute approximate surface area is 149 Å². The fourth-order valence-electron chi connectivity index (χ4n) is 3.23. The fourth-order valence-corrected chi connectivity index (χ4v) is 3.76. The van der Waals surface area contributed by atoms with E-state index in [1.165, 1.54) is 24.3 Å². The van der Waals surface area contributed by atoms with Crippen LogP contribution >= 0.6 is 12.6 Å². The number of hydrogen-bond acceptors (Lipinski definition) is 4. The van der Waals surface area contributed by atoms with Gasteiger partial charge < -0.3 is 10.1 Å². The summed E-state index contributed by atoms with van der Waals surface area (Å²) < 4.78 is 40.6. The Balaban J connectivity index is 2.09. The number of halogens is 3. The van der Waals surface area contributed by atoms with Crippen molar-refractivity contribution < 1.29 is 22.7 Å². The highest BCUT2D eigenvalue weighted by molar-refractivity contribution is 7.80. The number of hydrogen-bond donors (Lipinski definition) is 2. The van der Waals surface area contributed by atoms with E-state index in [-0.39, 0.29) is 35.3 Å². The van der Waals surface area contributed by atoms with E-state index < -0.39 is 6.36 Å². The van der Waals surface area contributed by atoms with E-state index in [0.29, 0.717) is 6.42 Å². The van der Waals surface area contributed by atoms with Gasteiger partial charge in [0.05, 0.1) is 6.07 Å². The Morgan fingerprint density at radius 1 is 1.32 bits per heavy atom. The molecular formula is C17H19F3N2O2S. The van der Waals surface area contributed by atoms with Crippen LogP contribution in [0, 0.1) is 23.2 Å². The van der Waals surface area contributed by atoms with E-state index in [9.17, 15) is 18.0 Å². The van der Waals surface area contributed by atoms with Gasteiger partial charge in [-0.2, -0.15) is 17.9 Å². The molecule has 1 aromatic carbocycles. The molecule has 8 heteroatoms. The smallest absolute Gasteiger partial charge is 0.406 e. The second-order valence-electron chi connectivity index (χ2n) is 5.99. The Morgan fingerprint density at radius 2 is 1.96 bits per heavy atom. The molecule has 0 bridgehead atoms. The second kappa shape index (κ2) is 8.48. The zero-order valence-electron chi connectivity index (χ0n) is 13.4. The Kier molecular flexibility index (Phi) is 6.59. The summed E-state index contributed by atoms with van der Waals surface area (Å²) in [5, 5.41) is 10.9. The molecule has 0 radical (unpaired) electrons. The number of alkyl halides is 3. The molecule has 2 rings (SSSR count). The minimum Gasteiger partial charge on any atom is -0.406 e. The number of carbonyl (C=O) groups is 1. The molecule has 4 nitrogen and oxygen atoms in total. The number of nitriles is 1. The number of nitrogens with one attached hydrogen (secondary N) is 1. The third-order valence-corrected chi connectivity index (χ3v) is 5.04. The first-order chi connectivity index (χ1) is 11.8. The first-order valence-electron chi connectivity index (χ1n) is 8.00. The average Bonchev–Trinajstić information content (AvgIpc) is 2.58. The summed E-state index contributed by atoms with van der Waals surface area (Å²) in [6.45, 7) is -0.0389. The van der Waals surface area contributed by atoms with Gasteiger partial charge in [-0.1, -0.05) is 25.0 Å². The number of rotatable bonds is 5. The van der Waals surface area contributed by atoms with Gasteiger partial charge in [0.15, 0.2) is 0 Å². The summed E-state index contributed by atoms with van der Waals surface area (Å²) in [4.78, 5) is 12.3. The van der Waals surface area contributed by atoms with Crippen LogP contribution in [-0.4, -0.2) is 18.8 Å². The predicted octanol–water partition coefficient (Wildman–Crippen LogP) is 4.00. The second-order valence-corrected chi connectivity index (χ2v) is 6.55. The summed E-state index contributed by atoms with van der Waals surface area (Å²) in [7, 11) is 0. The molecule has 25 heavy (non-hydrogen) atoms. The van der Waals surface area contributed by atoms with Crippen LogP contribution in [0.4, 0.5) is 13.2 Å². The normalized spacial score (nSPS) is 21.9. The molecule has 1 aliphatic rings. The lowest BCUT2D eigenvalue weighted by atomic mass is 9.75. The van der Waals surface area contributed by atoms with Gasteiger partial charge in [0.1, 0.15) is 12.3 Å². The number of ether oxygens (including phenoxy) is 1. The zero-order chi connectivity index (χ0) is 18.4. The van der Waals surface area contributed by atoms with Gasteiger partial charge in [0.2, 0.25) is 5.91 Å². The minimum absolute atomic E-state index is 0.0369. The van der Waals surface area contributed by atoms with Crippen molar-refractivity contribution in [2.45, 2.75) is 37.3 Å². The predicted molar refractivity (Wildman–Crippen MR) is 88.9 cm³/mol. The van der Waals surface area contributed by atoms with Gasteiger partial charge in [-0.15, -0.1) is 13.2 Å². The molecule has 0 heterocycles. The average molecular weight is 372 g/mol. The molecule has 0 aromatic heterocycles. The quantitative estimate of drug-likeness (QED) is 0.607. The molecule has 3 atom stereocenters. The Morgan fingerprint density at radius 3 is 2.56 bits per heavy atom. The van der Waals surface area contributed by atoms with Crippen molar-refractivity contribution >= 4 is 18.5 Å². The molecule has 1 fully saturated rings. The molecule has 136 valence electrons. The van der Waals surface area contributed by atoms with Gasteiger partial charge >= 0.3 is 6.36 Å². The van der Waals surface area contributed by atoms with Gasteiger partial charge in [-0.25, -0.2) is 0 Å². The molecule has 1 amide bonds. The third-order valence-electron chi connectivity index (χ3n) is 4.36. The van der Waals surface area contributed by atoms with Crippen LogP contribution < -0.4 is 10.1 Å². The Hall–Kier alpha value is -1.88. The standard InChI is InChI=1S/C17H19F3N2O2S/c18-17(19,20)24-12-7-5-11(6-8-12)15(25)13-3-1-2-4-14(13)16(23)22-10-9-21/h5-8,13-15,25H,1-4,10H2,(H,22,23). The molecule has 0 spiro atoms. The zero-order valence-corrected chi connectivity index (χ0v) is 14.3. The van der Waals surface area contributed by atoms with Gasteiger partial charge in [-0.3, -0.25) is 4.79 Å². The minimum atomic E-state index is -4.73. The van der Waals surface area contributed by atoms with Crippen molar-refractivity contribution in [2.24, 2.45) is 11.8 Å². The van der Waals surface area contributed by atoms with Crippen molar-refractivity contribution in [3.8, 4) is 11.8 Å². The van der Waals surface area contributed by atoms with Gasteiger partial charge in [0.25, 0.3) is 0 Å². The Bertz CT molecular complexity index is 628.